The molecule has 11 heteroatoms. The Kier molecular flexibility index (Phi) is 9.52. The number of benzene rings is 3. The third-order valence-electron chi connectivity index (χ3n) is 8.77. The van der Waals surface area contributed by atoms with E-state index in [1.165, 1.54) is 4.90 Å². The number of amidine groups is 1. The number of hydrogen-bond donors (Lipinski definition) is 3. The number of ether oxygens (including phenoxy) is 1. The van der Waals surface area contributed by atoms with Crippen LogP contribution in [0.15, 0.2) is 72.8 Å². The van der Waals surface area contributed by atoms with E-state index < -0.39 is 17.7 Å². The van der Waals surface area contributed by atoms with Crippen molar-refractivity contribution < 1.29 is 19.1 Å². The predicted octanol–water partition coefficient (Wildman–Crippen LogP) is 4.69. The molecule has 5 rings (SSSR count). The Morgan fingerprint density at radius 2 is 1.72 bits per heavy atom. The Morgan fingerprint density at radius 1 is 1.04 bits per heavy atom. The number of carbonyl (C=O) groups is 3. The summed E-state index contributed by atoms with van der Waals surface area (Å²) in [5.74, 6) is 0.0847. The molecule has 3 amide bonds. The van der Waals surface area contributed by atoms with E-state index >= 15 is 0 Å². The number of hydrogen-bond acceptors (Lipinski definition) is 7. The maximum atomic E-state index is 14.0. The average molecular weight is 624 g/mol. The quantitative estimate of drug-likeness (QED) is 0.182. The van der Waals surface area contributed by atoms with Crippen LogP contribution in [0.5, 0.6) is 0 Å². The largest absolute Gasteiger partial charge is 0.449 e. The molecule has 46 heavy (non-hydrogen) atoms. The van der Waals surface area contributed by atoms with Gasteiger partial charge in [-0.15, -0.1) is 0 Å². The molecule has 0 bridgehead atoms. The number of imidazole rings is 1. The lowest BCUT2D eigenvalue weighted by molar-refractivity contribution is -0.141. The highest BCUT2D eigenvalue weighted by molar-refractivity contribution is 6.11. The molecule has 0 aliphatic carbocycles. The van der Waals surface area contributed by atoms with E-state index in [0.29, 0.717) is 47.5 Å². The molecule has 240 valence electrons. The summed E-state index contributed by atoms with van der Waals surface area (Å²) in [6.45, 7) is 5.25. The molecule has 11 nitrogen and oxygen atoms in total. The van der Waals surface area contributed by atoms with Crippen molar-refractivity contribution in [3.8, 4) is 0 Å². The van der Waals surface area contributed by atoms with E-state index in [1.54, 1.807) is 50.4 Å². The lowest BCUT2D eigenvalue weighted by Crippen LogP contribution is -2.55. The van der Waals surface area contributed by atoms with Crippen molar-refractivity contribution in [2.45, 2.75) is 44.7 Å². The van der Waals surface area contributed by atoms with Crippen LogP contribution in [0.2, 0.25) is 0 Å². The SMILES string of the molecule is CCCOC(=O)N(C)C(C)(C(=O)N1CCCC1)c1ccc2c(c1)nc(C(N)c1ccc(C(=N)NC(=O)c3ccccc3)cc1)n2C. The maximum absolute atomic E-state index is 14.0. The Hall–Kier alpha value is -5.03. The van der Waals surface area contributed by atoms with Crippen molar-refractivity contribution in [3.63, 3.8) is 0 Å². The first-order valence-electron chi connectivity index (χ1n) is 15.5. The standard InChI is InChI=1S/C35H41N7O4/c1-5-21-46-34(45)41(4)35(2,33(44)42-19-9-10-20-42)26-17-18-28-27(22-26)38-31(40(28)3)29(36)23-13-15-24(16-14-23)30(37)39-32(43)25-11-7-6-8-12-25/h6-8,11-18,22,29H,5,9-10,19-21,36H2,1-4H3,(H2,37,39,43). The number of likely N-dealkylation sites (tertiary alicyclic amines) is 1. The van der Waals surface area contributed by atoms with Gasteiger partial charge in [-0.25, -0.2) is 9.78 Å². The fourth-order valence-corrected chi connectivity index (χ4v) is 5.81. The number of aromatic nitrogens is 2. The monoisotopic (exact) mass is 623 g/mol. The minimum absolute atomic E-state index is 0.0145. The highest BCUT2D eigenvalue weighted by Crippen LogP contribution is 2.34. The number of nitrogens with one attached hydrogen (secondary N) is 2. The van der Waals surface area contributed by atoms with Crippen LogP contribution in [0.3, 0.4) is 0 Å². The van der Waals surface area contributed by atoms with E-state index in [9.17, 15) is 14.4 Å². The minimum Gasteiger partial charge on any atom is -0.449 e. The number of rotatable bonds is 9. The van der Waals surface area contributed by atoms with Crippen LogP contribution in [0.4, 0.5) is 4.79 Å². The van der Waals surface area contributed by atoms with Gasteiger partial charge in [0.25, 0.3) is 11.8 Å². The van der Waals surface area contributed by atoms with E-state index in [2.05, 4.69) is 5.32 Å². The second-order valence-electron chi connectivity index (χ2n) is 11.8. The number of amides is 3. The molecule has 2 atom stereocenters. The molecular formula is C35H41N7O4. The summed E-state index contributed by atoms with van der Waals surface area (Å²) < 4.78 is 7.35. The molecule has 1 saturated heterocycles. The molecule has 1 aromatic heterocycles. The number of nitrogens with zero attached hydrogens (tertiary/aromatic N) is 4. The van der Waals surface area contributed by atoms with Gasteiger partial charge in [-0.05, 0) is 61.6 Å². The summed E-state index contributed by atoms with van der Waals surface area (Å²) in [4.78, 5) is 47.6. The minimum atomic E-state index is -1.31. The molecule has 2 unspecified atom stereocenters. The molecule has 3 aromatic carbocycles. The van der Waals surface area contributed by atoms with Gasteiger partial charge in [-0.2, -0.15) is 0 Å². The van der Waals surface area contributed by atoms with E-state index in [1.807, 2.05) is 59.8 Å². The Labute approximate surface area is 268 Å². The van der Waals surface area contributed by atoms with Gasteiger partial charge >= 0.3 is 6.09 Å². The van der Waals surface area contributed by atoms with Crippen LogP contribution < -0.4 is 11.1 Å². The lowest BCUT2D eigenvalue weighted by Gasteiger charge is -2.39. The molecule has 1 aliphatic rings. The van der Waals surface area contributed by atoms with Crippen LogP contribution >= 0.6 is 0 Å². The van der Waals surface area contributed by atoms with E-state index in [0.717, 1.165) is 23.9 Å². The van der Waals surface area contributed by atoms with Crippen LogP contribution in [-0.4, -0.2) is 69.8 Å². The van der Waals surface area contributed by atoms with Crippen LogP contribution in [0.1, 0.15) is 72.0 Å². The Balaban J connectivity index is 1.41. The average Bonchev–Trinajstić information content (AvgIpc) is 3.74. The van der Waals surface area contributed by atoms with Gasteiger partial charge in [0.05, 0.1) is 23.7 Å². The molecule has 1 aliphatic heterocycles. The summed E-state index contributed by atoms with van der Waals surface area (Å²) in [7, 11) is 3.49. The maximum Gasteiger partial charge on any atom is 0.410 e. The third-order valence-corrected chi connectivity index (χ3v) is 8.77. The second-order valence-corrected chi connectivity index (χ2v) is 11.8. The van der Waals surface area contributed by atoms with E-state index in [4.69, 9.17) is 20.9 Å². The zero-order valence-electron chi connectivity index (χ0n) is 26.7. The molecule has 0 spiro atoms. The first kappa shape index (κ1) is 32.4. The summed E-state index contributed by atoms with van der Waals surface area (Å²) >= 11 is 0. The smallest absolute Gasteiger partial charge is 0.410 e. The van der Waals surface area contributed by atoms with Gasteiger partial charge in [0.15, 0.2) is 0 Å². The van der Waals surface area contributed by atoms with Crippen molar-refractivity contribution in [1.29, 1.82) is 5.41 Å². The Morgan fingerprint density at radius 3 is 2.37 bits per heavy atom. The number of nitrogens with two attached hydrogens (primary N) is 1. The molecular weight excluding hydrogens is 582 g/mol. The van der Waals surface area contributed by atoms with Gasteiger partial charge in [0, 0.05) is 38.3 Å². The summed E-state index contributed by atoms with van der Waals surface area (Å²) in [5, 5.41) is 11.0. The zero-order valence-corrected chi connectivity index (χ0v) is 26.7. The highest BCUT2D eigenvalue weighted by atomic mass is 16.6. The predicted molar refractivity (Wildman–Crippen MR) is 176 cm³/mol. The van der Waals surface area contributed by atoms with Crippen molar-refractivity contribution in [2.24, 2.45) is 12.8 Å². The van der Waals surface area contributed by atoms with Crippen molar-refractivity contribution in [3.05, 3.63) is 101 Å². The van der Waals surface area contributed by atoms with Crippen LogP contribution in [-0.2, 0) is 22.1 Å². The Bertz CT molecular complexity index is 1750. The van der Waals surface area contributed by atoms with Gasteiger partial charge in [-0.1, -0.05) is 55.5 Å². The highest BCUT2D eigenvalue weighted by Gasteiger charge is 2.45. The number of likely N-dealkylation sites (N-methyl/N-ethyl adjacent to an activating group) is 1. The fourth-order valence-electron chi connectivity index (χ4n) is 5.81. The van der Waals surface area contributed by atoms with Gasteiger partial charge in [-0.3, -0.25) is 19.9 Å². The summed E-state index contributed by atoms with van der Waals surface area (Å²) in [5.41, 5.74) is 9.29. The summed E-state index contributed by atoms with van der Waals surface area (Å²) in [6, 6.07) is 20.9. The molecule has 1 fully saturated rings. The number of fused-ring (bicyclic) bond motifs is 1. The second kappa shape index (κ2) is 13.5. The molecule has 4 N–H and O–H groups in total. The van der Waals surface area contributed by atoms with Crippen molar-refractivity contribution in [1.82, 2.24) is 24.7 Å². The number of carbonyl (C=O) groups excluding carboxylic acids is 3. The number of aryl methyl sites for hydroxylation is 1. The van der Waals surface area contributed by atoms with Crippen LogP contribution in [0.25, 0.3) is 11.0 Å². The normalized spacial score (nSPS) is 14.8. The first-order valence-corrected chi connectivity index (χ1v) is 15.5. The lowest BCUT2D eigenvalue weighted by atomic mass is 9.88. The third kappa shape index (κ3) is 6.23. The van der Waals surface area contributed by atoms with Gasteiger partial charge < -0.3 is 25.3 Å². The first-order chi connectivity index (χ1) is 22.1. The van der Waals surface area contributed by atoms with Crippen molar-refractivity contribution >= 4 is 34.8 Å². The van der Waals surface area contributed by atoms with E-state index in [-0.39, 0.29) is 24.3 Å². The topological polar surface area (TPSA) is 147 Å². The van der Waals surface area contributed by atoms with Crippen molar-refractivity contribution in [2.75, 3.05) is 26.7 Å². The summed E-state index contributed by atoms with van der Waals surface area (Å²) in [6.07, 6.45) is 1.97. The fraction of sp³-hybridized carbons (Fsp3) is 0.343. The zero-order chi connectivity index (χ0) is 33.0. The molecule has 2 heterocycles. The van der Waals surface area contributed by atoms with Gasteiger partial charge in [0.1, 0.15) is 17.2 Å². The van der Waals surface area contributed by atoms with Crippen LogP contribution in [0, 0.1) is 5.41 Å². The van der Waals surface area contributed by atoms with Gasteiger partial charge in [0.2, 0.25) is 0 Å². The molecule has 4 aromatic rings. The molecule has 0 radical (unpaired) electrons. The molecule has 0 saturated carbocycles.